The third kappa shape index (κ3) is 7.80. The molecule has 0 fully saturated rings. The molecular weight excluding hydrogens is 470 g/mol. The van der Waals surface area contributed by atoms with Crippen LogP contribution in [0.25, 0.3) is 0 Å². The van der Waals surface area contributed by atoms with E-state index in [1.54, 1.807) is 75.4 Å². The van der Waals surface area contributed by atoms with Gasteiger partial charge in [-0.1, -0.05) is 18.2 Å². The lowest BCUT2D eigenvalue weighted by Gasteiger charge is -2.26. The van der Waals surface area contributed by atoms with Crippen LogP contribution in [0.2, 0.25) is 0 Å². The number of allylic oxidation sites excluding steroid dienone is 3. The van der Waals surface area contributed by atoms with Crippen molar-refractivity contribution in [2.24, 2.45) is 0 Å². The summed E-state index contributed by atoms with van der Waals surface area (Å²) in [6, 6.07) is 21.1. The first-order valence-electron chi connectivity index (χ1n) is 11.6. The minimum atomic E-state index is -0.460. The summed E-state index contributed by atoms with van der Waals surface area (Å²) >= 11 is 0. The standard InChI is InChI=1S/C30H27NO6/c1-4-7-28(32)35-25-16-10-22(11-17-25)31(23-12-18-26(19-13-23)36-29(33)8-5-2)24-14-20-27(21-15-24)37-30(34)9-6-3/h4-21H,1-3H3. The van der Waals surface area contributed by atoms with Crippen molar-refractivity contribution in [1.82, 2.24) is 0 Å². The fourth-order valence-corrected chi connectivity index (χ4v) is 3.30. The van der Waals surface area contributed by atoms with E-state index in [-0.39, 0.29) is 0 Å². The monoisotopic (exact) mass is 497 g/mol. The maximum Gasteiger partial charge on any atom is 0.335 e. The molecule has 0 unspecified atom stereocenters. The highest BCUT2D eigenvalue weighted by Gasteiger charge is 2.14. The van der Waals surface area contributed by atoms with Crippen LogP contribution < -0.4 is 19.1 Å². The largest absolute Gasteiger partial charge is 0.423 e. The number of anilines is 3. The lowest BCUT2D eigenvalue weighted by molar-refractivity contribution is -0.129. The molecule has 0 saturated carbocycles. The number of carbonyl (C=O) groups excluding carboxylic acids is 3. The minimum Gasteiger partial charge on any atom is -0.423 e. The Morgan fingerprint density at radius 3 is 0.946 bits per heavy atom. The van der Waals surface area contributed by atoms with E-state index >= 15 is 0 Å². The Hall–Kier alpha value is -4.91. The lowest BCUT2D eigenvalue weighted by Crippen LogP contribution is -2.11. The summed E-state index contributed by atoms with van der Waals surface area (Å²) in [6.45, 7) is 5.21. The van der Waals surface area contributed by atoms with Crippen LogP contribution in [0.15, 0.2) is 109 Å². The number of rotatable bonds is 9. The van der Waals surface area contributed by atoms with Crippen LogP contribution in [0.1, 0.15) is 20.8 Å². The first kappa shape index (κ1) is 26.7. The molecule has 0 atom stereocenters. The van der Waals surface area contributed by atoms with Gasteiger partial charge in [0.15, 0.2) is 0 Å². The molecule has 0 aliphatic rings. The number of esters is 3. The SMILES string of the molecule is CC=CC(=O)Oc1ccc(N(c2ccc(OC(=O)C=CC)cc2)c2ccc(OC(=O)C=CC)cc2)cc1. The van der Waals surface area contributed by atoms with Gasteiger partial charge in [0.25, 0.3) is 0 Å². The molecule has 3 rings (SSSR count). The van der Waals surface area contributed by atoms with Gasteiger partial charge in [-0.2, -0.15) is 0 Å². The van der Waals surface area contributed by atoms with Crippen molar-refractivity contribution in [3.8, 4) is 17.2 Å². The second kappa shape index (κ2) is 13.3. The number of hydrogen-bond acceptors (Lipinski definition) is 7. The zero-order chi connectivity index (χ0) is 26.6. The molecule has 0 saturated heterocycles. The van der Waals surface area contributed by atoms with Crippen molar-refractivity contribution >= 4 is 35.0 Å². The highest BCUT2D eigenvalue weighted by molar-refractivity contribution is 5.85. The summed E-state index contributed by atoms with van der Waals surface area (Å²) < 4.78 is 15.9. The molecule has 37 heavy (non-hydrogen) atoms. The predicted octanol–water partition coefficient (Wildman–Crippen LogP) is 6.60. The highest BCUT2D eigenvalue weighted by Crippen LogP contribution is 2.36. The van der Waals surface area contributed by atoms with Crippen LogP contribution in [0.5, 0.6) is 17.2 Å². The van der Waals surface area contributed by atoms with Crippen molar-refractivity contribution in [2.75, 3.05) is 4.90 Å². The second-order valence-electron chi connectivity index (χ2n) is 7.58. The normalized spacial score (nSPS) is 11.1. The Kier molecular flexibility index (Phi) is 9.56. The van der Waals surface area contributed by atoms with Crippen LogP contribution in [0, 0.1) is 0 Å². The van der Waals surface area contributed by atoms with Crippen LogP contribution in [-0.2, 0) is 14.4 Å². The molecular formula is C30H27NO6. The molecule has 188 valence electrons. The van der Waals surface area contributed by atoms with Gasteiger partial charge in [-0.05, 0) is 93.6 Å². The fourth-order valence-electron chi connectivity index (χ4n) is 3.30. The molecule has 0 aromatic heterocycles. The third-order valence-electron chi connectivity index (χ3n) is 4.85. The van der Waals surface area contributed by atoms with Gasteiger partial charge in [0, 0.05) is 35.3 Å². The lowest BCUT2D eigenvalue weighted by atomic mass is 10.2. The van der Waals surface area contributed by atoms with E-state index in [4.69, 9.17) is 14.2 Å². The minimum absolute atomic E-state index is 0.407. The van der Waals surface area contributed by atoms with E-state index in [0.717, 1.165) is 17.1 Å². The van der Waals surface area contributed by atoms with Crippen molar-refractivity contribution in [1.29, 1.82) is 0 Å². The summed E-state index contributed by atoms with van der Waals surface area (Å²) in [4.78, 5) is 37.3. The first-order chi connectivity index (χ1) is 17.9. The summed E-state index contributed by atoms with van der Waals surface area (Å²) in [5.41, 5.74) is 2.34. The van der Waals surface area contributed by atoms with Gasteiger partial charge in [-0.3, -0.25) is 0 Å². The van der Waals surface area contributed by atoms with Crippen LogP contribution >= 0.6 is 0 Å². The Balaban J connectivity index is 1.93. The first-order valence-corrected chi connectivity index (χ1v) is 11.6. The van der Waals surface area contributed by atoms with Crippen molar-refractivity contribution in [3.05, 3.63) is 109 Å². The van der Waals surface area contributed by atoms with Crippen molar-refractivity contribution < 1.29 is 28.6 Å². The number of ether oxygens (including phenoxy) is 3. The van der Waals surface area contributed by atoms with Gasteiger partial charge in [0.1, 0.15) is 17.2 Å². The molecule has 7 nitrogen and oxygen atoms in total. The molecule has 7 heteroatoms. The summed E-state index contributed by atoms with van der Waals surface area (Å²) in [6.07, 6.45) is 8.85. The second-order valence-corrected chi connectivity index (χ2v) is 7.58. The molecule has 0 bridgehead atoms. The van der Waals surface area contributed by atoms with Gasteiger partial charge in [-0.25, -0.2) is 14.4 Å². The van der Waals surface area contributed by atoms with Gasteiger partial charge < -0.3 is 19.1 Å². The number of nitrogens with zero attached hydrogens (tertiary/aromatic N) is 1. The van der Waals surface area contributed by atoms with E-state index in [1.165, 1.54) is 18.2 Å². The average Bonchev–Trinajstić information content (AvgIpc) is 2.88. The van der Waals surface area contributed by atoms with E-state index in [0.29, 0.717) is 17.2 Å². The smallest absolute Gasteiger partial charge is 0.335 e. The zero-order valence-corrected chi connectivity index (χ0v) is 20.8. The van der Waals surface area contributed by atoms with Crippen LogP contribution in [0.4, 0.5) is 17.1 Å². The van der Waals surface area contributed by atoms with Gasteiger partial charge in [0.2, 0.25) is 0 Å². The molecule has 0 aliphatic carbocycles. The predicted molar refractivity (Wildman–Crippen MR) is 142 cm³/mol. The molecule has 3 aromatic carbocycles. The third-order valence-corrected chi connectivity index (χ3v) is 4.85. The van der Waals surface area contributed by atoms with E-state index in [9.17, 15) is 14.4 Å². The van der Waals surface area contributed by atoms with Crippen molar-refractivity contribution in [3.63, 3.8) is 0 Å². The topological polar surface area (TPSA) is 82.1 Å². The fraction of sp³-hybridized carbons (Fsp3) is 0.100. The molecule has 0 amide bonds. The van der Waals surface area contributed by atoms with E-state index in [2.05, 4.69) is 0 Å². The number of benzene rings is 3. The van der Waals surface area contributed by atoms with E-state index < -0.39 is 17.9 Å². The Labute approximate surface area is 215 Å². The van der Waals surface area contributed by atoms with Crippen LogP contribution in [-0.4, -0.2) is 17.9 Å². The summed E-state index contributed by atoms with van der Waals surface area (Å²) in [5.74, 6) is -0.160. The maximum absolute atomic E-state index is 11.8. The Morgan fingerprint density at radius 1 is 0.486 bits per heavy atom. The molecule has 0 aliphatic heterocycles. The van der Waals surface area contributed by atoms with Gasteiger partial charge >= 0.3 is 17.9 Å². The van der Waals surface area contributed by atoms with Crippen LogP contribution in [0.3, 0.4) is 0 Å². The summed E-state index contributed by atoms with van der Waals surface area (Å²) in [7, 11) is 0. The maximum atomic E-state index is 11.8. The quantitative estimate of drug-likeness (QED) is 0.187. The average molecular weight is 498 g/mol. The van der Waals surface area contributed by atoms with Gasteiger partial charge in [0.05, 0.1) is 0 Å². The Morgan fingerprint density at radius 2 is 0.730 bits per heavy atom. The molecule has 0 radical (unpaired) electrons. The molecule has 0 heterocycles. The highest BCUT2D eigenvalue weighted by atomic mass is 16.5. The zero-order valence-electron chi connectivity index (χ0n) is 20.8. The van der Waals surface area contributed by atoms with Crippen molar-refractivity contribution in [2.45, 2.75) is 20.8 Å². The number of carbonyl (C=O) groups is 3. The summed E-state index contributed by atoms with van der Waals surface area (Å²) in [5, 5.41) is 0. The van der Waals surface area contributed by atoms with Gasteiger partial charge in [-0.15, -0.1) is 0 Å². The van der Waals surface area contributed by atoms with E-state index in [1.807, 2.05) is 41.3 Å². The number of hydrogen-bond donors (Lipinski definition) is 0. The molecule has 3 aromatic rings. The molecule has 0 N–H and O–H groups in total. The Bertz CT molecular complexity index is 1140. The molecule has 0 spiro atoms.